The maximum Gasteiger partial charge on any atom is 0.240 e. The van der Waals surface area contributed by atoms with Crippen molar-refractivity contribution in [2.24, 2.45) is 0 Å². The average molecular weight is 340 g/mol. The van der Waals surface area contributed by atoms with Crippen LogP contribution in [0.2, 0.25) is 0 Å². The van der Waals surface area contributed by atoms with E-state index in [1.807, 2.05) is 0 Å². The van der Waals surface area contributed by atoms with Crippen molar-refractivity contribution in [1.82, 2.24) is 10.2 Å². The van der Waals surface area contributed by atoms with Gasteiger partial charge in [-0.2, -0.15) is 0 Å². The normalized spacial score (nSPS) is 20.2. The van der Waals surface area contributed by atoms with E-state index in [9.17, 15) is 13.6 Å². The highest BCUT2D eigenvalue weighted by Crippen LogP contribution is 2.38. The number of carbonyl (C=O) groups is 1. The minimum absolute atomic E-state index is 0.0181. The fourth-order valence-electron chi connectivity index (χ4n) is 3.25. The van der Waals surface area contributed by atoms with E-state index in [2.05, 4.69) is 10.2 Å². The topological polar surface area (TPSA) is 50.8 Å². The highest BCUT2D eigenvalue weighted by atomic mass is 19.2. The molecular weight excluding hydrogens is 318 g/mol. The third kappa shape index (κ3) is 3.52. The van der Waals surface area contributed by atoms with Gasteiger partial charge in [0.25, 0.3) is 0 Å². The van der Waals surface area contributed by atoms with Gasteiger partial charge >= 0.3 is 0 Å². The second-order valence-corrected chi connectivity index (χ2v) is 6.16. The van der Waals surface area contributed by atoms with Crippen LogP contribution < -0.4 is 10.1 Å². The highest BCUT2D eigenvalue weighted by molar-refractivity contribution is 5.87. The number of benzene rings is 1. The summed E-state index contributed by atoms with van der Waals surface area (Å²) in [4.78, 5) is 14.8. The predicted molar refractivity (Wildman–Crippen MR) is 83.8 cm³/mol. The van der Waals surface area contributed by atoms with Crippen LogP contribution in [-0.2, 0) is 9.53 Å². The quantitative estimate of drug-likeness (QED) is 0.801. The Morgan fingerprint density at radius 2 is 2.00 bits per heavy atom. The standard InChI is InChI=1S/C17H22F2N2O3/c18-14-3-2-13(12-15(14)19)24-9-6-20-16(22)17(4-1-5-17)21-7-10-23-11-8-21/h2-3,12H,1,4-11H2,(H,20,22). The molecular formula is C17H22F2N2O3. The van der Waals surface area contributed by atoms with Crippen LogP contribution in [-0.4, -0.2) is 55.8 Å². The summed E-state index contributed by atoms with van der Waals surface area (Å²) in [5.74, 6) is -1.59. The maximum atomic E-state index is 13.1. The molecule has 3 rings (SSSR count). The Balaban J connectivity index is 1.47. The molecule has 1 aromatic rings. The summed E-state index contributed by atoms with van der Waals surface area (Å²) in [6, 6.07) is 3.38. The average Bonchev–Trinajstić information content (AvgIpc) is 2.55. The molecule has 1 N–H and O–H groups in total. The van der Waals surface area contributed by atoms with Gasteiger partial charge in [-0.3, -0.25) is 9.69 Å². The maximum absolute atomic E-state index is 13.1. The van der Waals surface area contributed by atoms with Crippen LogP contribution in [0.1, 0.15) is 19.3 Å². The summed E-state index contributed by atoms with van der Waals surface area (Å²) in [6.07, 6.45) is 2.78. The van der Waals surface area contributed by atoms with Gasteiger partial charge in [-0.1, -0.05) is 0 Å². The number of nitrogens with one attached hydrogen (secondary N) is 1. The van der Waals surface area contributed by atoms with E-state index in [-0.39, 0.29) is 18.3 Å². The first-order chi connectivity index (χ1) is 11.6. The number of carbonyl (C=O) groups excluding carboxylic acids is 1. The number of halogens is 2. The van der Waals surface area contributed by atoms with Crippen LogP contribution in [0.4, 0.5) is 8.78 Å². The summed E-state index contributed by atoms with van der Waals surface area (Å²) in [5.41, 5.74) is -0.411. The Labute approximate surface area is 139 Å². The monoisotopic (exact) mass is 340 g/mol. The molecule has 1 heterocycles. The molecule has 132 valence electrons. The Morgan fingerprint density at radius 3 is 2.62 bits per heavy atom. The molecule has 1 saturated heterocycles. The molecule has 1 amide bonds. The fraction of sp³-hybridized carbons (Fsp3) is 0.588. The first-order valence-corrected chi connectivity index (χ1v) is 8.31. The summed E-state index contributed by atoms with van der Waals surface area (Å²) in [6.45, 7) is 3.40. The van der Waals surface area contributed by atoms with E-state index < -0.39 is 17.2 Å². The van der Waals surface area contributed by atoms with Crippen molar-refractivity contribution in [2.75, 3.05) is 39.5 Å². The Hall–Kier alpha value is -1.73. The Morgan fingerprint density at radius 1 is 1.25 bits per heavy atom. The largest absolute Gasteiger partial charge is 0.492 e. The van der Waals surface area contributed by atoms with Gasteiger partial charge in [0.05, 0.1) is 19.8 Å². The van der Waals surface area contributed by atoms with Gasteiger partial charge in [-0.15, -0.1) is 0 Å². The highest BCUT2D eigenvalue weighted by Gasteiger charge is 2.48. The third-order valence-electron chi connectivity index (χ3n) is 4.77. The number of rotatable bonds is 6. The number of morpholine rings is 1. The smallest absolute Gasteiger partial charge is 0.240 e. The van der Waals surface area contributed by atoms with Crippen molar-refractivity contribution in [2.45, 2.75) is 24.8 Å². The molecule has 1 aromatic carbocycles. The molecule has 24 heavy (non-hydrogen) atoms. The molecule has 0 aromatic heterocycles. The van der Waals surface area contributed by atoms with Gasteiger partial charge in [0, 0.05) is 19.2 Å². The molecule has 7 heteroatoms. The number of hydrogen-bond donors (Lipinski definition) is 1. The van der Waals surface area contributed by atoms with Crippen molar-refractivity contribution in [3.63, 3.8) is 0 Å². The molecule has 1 aliphatic carbocycles. The molecule has 0 spiro atoms. The minimum Gasteiger partial charge on any atom is -0.492 e. The van der Waals surface area contributed by atoms with Gasteiger partial charge in [0.2, 0.25) is 5.91 Å². The first-order valence-electron chi connectivity index (χ1n) is 8.31. The molecule has 2 fully saturated rings. The zero-order valence-corrected chi connectivity index (χ0v) is 13.5. The molecule has 1 aliphatic heterocycles. The zero-order valence-electron chi connectivity index (χ0n) is 13.5. The summed E-state index contributed by atoms with van der Waals surface area (Å²) in [7, 11) is 0. The van der Waals surface area contributed by atoms with Crippen LogP contribution in [0.5, 0.6) is 5.75 Å². The van der Waals surface area contributed by atoms with Gasteiger partial charge in [-0.05, 0) is 31.4 Å². The first kappa shape index (κ1) is 17.1. The van der Waals surface area contributed by atoms with Crippen LogP contribution >= 0.6 is 0 Å². The lowest BCUT2D eigenvalue weighted by molar-refractivity contribution is -0.144. The van der Waals surface area contributed by atoms with Gasteiger partial charge < -0.3 is 14.8 Å². The number of ether oxygens (including phenoxy) is 2. The zero-order chi connectivity index (χ0) is 17.0. The summed E-state index contributed by atoms with van der Waals surface area (Å²) < 4.78 is 36.6. The molecule has 0 radical (unpaired) electrons. The molecule has 0 atom stereocenters. The molecule has 0 unspecified atom stereocenters. The van der Waals surface area contributed by atoms with Crippen molar-refractivity contribution in [1.29, 1.82) is 0 Å². The molecule has 5 nitrogen and oxygen atoms in total. The van der Waals surface area contributed by atoms with Crippen molar-refractivity contribution in [3.05, 3.63) is 29.8 Å². The fourth-order valence-corrected chi connectivity index (χ4v) is 3.25. The van der Waals surface area contributed by atoms with Crippen LogP contribution in [0.3, 0.4) is 0 Å². The van der Waals surface area contributed by atoms with Crippen LogP contribution in [0.25, 0.3) is 0 Å². The minimum atomic E-state index is -0.947. The Kier molecular flexibility index (Phi) is 5.30. The SMILES string of the molecule is O=C(NCCOc1ccc(F)c(F)c1)C1(N2CCOCC2)CCC1. The second kappa shape index (κ2) is 7.44. The van der Waals surface area contributed by atoms with E-state index in [1.54, 1.807) is 0 Å². The lowest BCUT2D eigenvalue weighted by Crippen LogP contribution is -2.65. The number of hydrogen-bond acceptors (Lipinski definition) is 4. The summed E-state index contributed by atoms with van der Waals surface area (Å²) >= 11 is 0. The van der Waals surface area contributed by atoms with E-state index in [1.165, 1.54) is 6.07 Å². The lowest BCUT2D eigenvalue weighted by atomic mass is 9.74. The number of amides is 1. The van der Waals surface area contributed by atoms with E-state index in [0.717, 1.165) is 44.5 Å². The van der Waals surface area contributed by atoms with Crippen molar-refractivity contribution < 1.29 is 23.0 Å². The molecule has 2 aliphatic rings. The van der Waals surface area contributed by atoms with E-state index in [4.69, 9.17) is 9.47 Å². The van der Waals surface area contributed by atoms with Crippen LogP contribution in [0, 0.1) is 11.6 Å². The second-order valence-electron chi connectivity index (χ2n) is 6.16. The van der Waals surface area contributed by atoms with Gasteiger partial charge in [0.15, 0.2) is 11.6 Å². The number of nitrogens with zero attached hydrogens (tertiary/aromatic N) is 1. The van der Waals surface area contributed by atoms with Gasteiger partial charge in [0.1, 0.15) is 17.9 Å². The van der Waals surface area contributed by atoms with E-state index >= 15 is 0 Å². The van der Waals surface area contributed by atoms with Crippen molar-refractivity contribution in [3.8, 4) is 5.75 Å². The predicted octanol–water partition coefficient (Wildman–Crippen LogP) is 1.71. The third-order valence-corrected chi connectivity index (χ3v) is 4.77. The molecule has 0 bridgehead atoms. The van der Waals surface area contributed by atoms with Crippen molar-refractivity contribution >= 4 is 5.91 Å². The Bertz CT molecular complexity index is 587. The summed E-state index contributed by atoms with van der Waals surface area (Å²) in [5, 5.41) is 2.90. The van der Waals surface area contributed by atoms with E-state index in [0.29, 0.717) is 19.8 Å². The van der Waals surface area contributed by atoms with Crippen LogP contribution in [0.15, 0.2) is 18.2 Å². The molecule has 1 saturated carbocycles. The van der Waals surface area contributed by atoms with Gasteiger partial charge in [-0.25, -0.2) is 8.78 Å². The lowest BCUT2D eigenvalue weighted by Gasteiger charge is -2.50.